The average molecular weight is 447 g/mol. The fraction of sp³-hybridized carbons (Fsp3) is 0.333. The fourth-order valence-corrected chi connectivity index (χ4v) is 4.87. The number of aliphatic hydroxyl groups is 1. The summed E-state index contributed by atoms with van der Waals surface area (Å²) in [7, 11) is 0. The quantitative estimate of drug-likeness (QED) is 0.585. The Labute approximate surface area is 192 Å². The van der Waals surface area contributed by atoms with Gasteiger partial charge in [-0.25, -0.2) is 9.37 Å². The van der Waals surface area contributed by atoms with Crippen LogP contribution in [0.2, 0.25) is 0 Å². The number of aromatic hydroxyl groups is 1. The minimum absolute atomic E-state index is 0.0710. The molecule has 2 aliphatic rings. The fourth-order valence-electron chi connectivity index (χ4n) is 4.87. The maximum Gasteiger partial charge on any atom is 0.272 e. The van der Waals surface area contributed by atoms with E-state index in [0.29, 0.717) is 30.4 Å². The van der Waals surface area contributed by atoms with Crippen molar-refractivity contribution in [2.45, 2.75) is 44.6 Å². The molecular weight excluding hydrogens is 419 g/mol. The molecule has 5 rings (SSSR count). The second-order valence-corrected chi connectivity index (χ2v) is 9.12. The van der Waals surface area contributed by atoms with Crippen molar-refractivity contribution in [3.63, 3.8) is 0 Å². The van der Waals surface area contributed by atoms with Crippen LogP contribution in [-0.4, -0.2) is 39.1 Å². The first kappa shape index (κ1) is 21.6. The van der Waals surface area contributed by atoms with Crippen molar-refractivity contribution in [2.75, 3.05) is 13.1 Å². The number of aryl methyl sites for hydroxylation is 1. The van der Waals surface area contributed by atoms with Gasteiger partial charge in [-0.05, 0) is 90.3 Å². The summed E-state index contributed by atoms with van der Waals surface area (Å²) in [5.74, 6) is 0.258. The summed E-state index contributed by atoms with van der Waals surface area (Å²) in [6.45, 7) is 2.70. The molecule has 3 aromatic rings. The van der Waals surface area contributed by atoms with Crippen molar-refractivity contribution < 1.29 is 19.4 Å². The van der Waals surface area contributed by atoms with Crippen molar-refractivity contribution in [2.24, 2.45) is 0 Å². The number of halogens is 1. The van der Waals surface area contributed by atoms with Crippen LogP contribution in [0.1, 0.15) is 64.0 Å². The molecule has 0 bridgehead atoms. The first-order valence-corrected chi connectivity index (χ1v) is 11.4. The lowest BCUT2D eigenvalue weighted by Gasteiger charge is -2.19. The van der Waals surface area contributed by atoms with Crippen LogP contribution in [0.4, 0.5) is 4.39 Å². The second kappa shape index (κ2) is 8.60. The zero-order valence-electron chi connectivity index (χ0n) is 18.6. The Balaban J connectivity index is 1.39. The van der Waals surface area contributed by atoms with E-state index in [1.807, 2.05) is 24.3 Å². The summed E-state index contributed by atoms with van der Waals surface area (Å²) >= 11 is 0. The van der Waals surface area contributed by atoms with Gasteiger partial charge in [0.05, 0.1) is 12.3 Å². The van der Waals surface area contributed by atoms with E-state index in [9.17, 15) is 19.4 Å². The minimum atomic E-state index is -0.257. The van der Waals surface area contributed by atoms with E-state index in [1.165, 1.54) is 17.7 Å². The number of hydrogen-bond acceptors (Lipinski definition) is 4. The van der Waals surface area contributed by atoms with Crippen molar-refractivity contribution in [3.05, 3.63) is 82.4 Å². The number of hydrogen-bond donors (Lipinski definition) is 2. The molecule has 1 saturated heterocycles. The number of benzene rings is 2. The van der Waals surface area contributed by atoms with E-state index in [1.54, 1.807) is 24.0 Å². The third-order valence-corrected chi connectivity index (χ3v) is 6.85. The van der Waals surface area contributed by atoms with Crippen LogP contribution >= 0.6 is 0 Å². The van der Waals surface area contributed by atoms with Gasteiger partial charge in [0, 0.05) is 19.0 Å². The molecule has 2 N–H and O–H groups in total. The molecular formula is C27H27FN2O3. The Kier molecular flexibility index (Phi) is 5.62. The van der Waals surface area contributed by atoms with E-state index in [0.717, 1.165) is 41.5 Å². The molecule has 0 spiro atoms. The molecule has 2 heterocycles. The second-order valence-electron chi connectivity index (χ2n) is 9.12. The third-order valence-electron chi connectivity index (χ3n) is 6.85. The lowest BCUT2D eigenvalue weighted by atomic mass is 9.89. The molecule has 170 valence electrons. The van der Waals surface area contributed by atoms with Gasteiger partial charge < -0.3 is 15.1 Å². The number of nitrogens with zero attached hydrogens (tertiary/aromatic N) is 2. The number of pyridine rings is 1. The number of aromatic nitrogens is 1. The average Bonchev–Trinajstić information content (AvgIpc) is 3.55. The van der Waals surface area contributed by atoms with Gasteiger partial charge in [0.2, 0.25) is 0 Å². The topological polar surface area (TPSA) is 73.7 Å². The van der Waals surface area contributed by atoms with E-state index < -0.39 is 0 Å². The first-order valence-electron chi connectivity index (χ1n) is 11.4. The molecule has 2 aromatic carbocycles. The number of likely N-dealkylation sites (tertiary alicyclic amines) is 1. The molecule has 33 heavy (non-hydrogen) atoms. The number of amides is 1. The Morgan fingerprint density at radius 2 is 1.85 bits per heavy atom. The summed E-state index contributed by atoms with van der Waals surface area (Å²) in [6.07, 6.45) is 3.05. The maximum atomic E-state index is 14.0. The van der Waals surface area contributed by atoms with Gasteiger partial charge in [0.25, 0.3) is 5.91 Å². The van der Waals surface area contributed by atoms with Crippen LogP contribution in [0.25, 0.3) is 11.1 Å². The number of aliphatic hydroxyl groups excluding tert-OH is 1. The maximum absolute atomic E-state index is 14.0. The van der Waals surface area contributed by atoms with E-state index >= 15 is 0 Å². The molecule has 1 aliphatic heterocycles. The Bertz CT molecular complexity index is 1220. The lowest BCUT2D eigenvalue weighted by Crippen LogP contribution is -2.29. The van der Waals surface area contributed by atoms with Gasteiger partial charge in [-0.15, -0.1) is 0 Å². The highest BCUT2D eigenvalue weighted by atomic mass is 19.1. The van der Waals surface area contributed by atoms with Gasteiger partial charge in [-0.1, -0.05) is 18.2 Å². The number of carbonyl (C=O) groups is 1. The van der Waals surface area contributed by atoms with Crippen molar-refractivity contribution in [3.8, 4) is 16.9 Å². The van der Waals surface area contributed by atoms with Crippen LogP contribution in [0, 0.1) is 12.7 Å². The molecule has 1 aliphatic carbocycles. The van der Waals surface area contributed by atoms with Crippen LogP contribution in [0.15, 0.2) is 48.5 Å². The van der Waals surface area contributed by atoms with Crippen LogP contribution in [0.3, 0.4) is 0 Å². The number of carbonyl (C=O) groups excluding carboxylic acids is 1. The zero-order chi connectivity index (χ0) is 23.1. The summed E-state index contributed by atoms with van der Waals surface area (Å²) < 4.78 is 14.0. The molecule has 1 amide bonds. The largest absolute Gasteiger partial charge is 0.506 e. The van der Waals surface area contributed by atoms with Crippen LogP contribution in [0.5, 0.6) is 5.75 Å². The van der Waals surface area contributed by atoms with E-state index in [2.05, 4.69) is 4.98 Å². The third kappa shape index (κ3) is 4.23. The molecule has 1 unspecified atom stereocenters. The standard InChI is InChI=1S/C27H27FN2O3/c1-16-26(32)9-8-25(29-16)27(33)30-11-10-19(14-30)22-6-4-18(12-20(22)15-31)24-13-21(28)5-7-23(24)17-2-3-17/h4-9,12-13,17,19,31-32H,2-3,10-11,14-15H2,1H3. The smallest absolute Gasteiger partial charge is 0.272 e. The molecule has 1 atom stereocenters. The Morgan fingerprint density at radius 3 is 2.58 bits per heavy atom. The van der Waals surface area contributed by atoms with Gasteiger partial charge in [0.1, 0.15) is 17.3 Å². The van der Waals surface area contributed by atoms with Crippen molar-refractivity contribution in [1.29, 1.82) is 0 Å². The van der Waals surface area contributed by atoms with Crippen LogP contribution < -0.4 is 0 Å². The van der Waals surface area contributed by atoms with E-state index in [4.69, 9.17) is 0 Å². The summed E-state index contributed by atoms with van der Waals surface area (Å²) in [6, 6.07) is 14.0. The normalized spacial score (nSPS) is 18.0. The predicted molar refractivity (Wildman–Crippen MR) is 124 cm³/mol. The summed E-state index contributed by atoms with van der Waals surface area (Å²) in [4.78, 5) is 18.9. The first-order chi connectivity index (χ1) is 15.9. The zero-order valence-corrected chi connectivity index (χ0v) is 18.6. The Morgan fingerprint density at radius 1 is 1.06 bits per heavy atom. The summed E-state index contributed by atoms with van der Waals surface area (Å²) in [5, 5.41) is 19.8. The van der Waals surface area contributed by atoms with Gasteiger partial charge in [-0.3, -0.25) is 4.79 Å². The van der Waals surface area contributed by atoms with Gasteiger partial charge >= 0.3 is 0 Å². The minimum Gasteiger partial charge on any atom is -0.506 e. The summed E-state index contributed by atoms with van der Waals surface area (Å²) in [5.41, 5.74) is 5.57. The molecule has 1 aromatic heterocycles. The van der Waals surface area contributed by atoms with E-state index in [-0.39, 0.29) is 30.0 Å². The molecule has 2 fully saturated rings. The lowest BCUT2D eigenvalue weighted by molar-refractivity contribution is 0.0784. The van der Waals surface area contributed by atoms with Gasteiger partial charge in [0.15, 0.2) is 0 Å². The monoisotopic (exact) mass is 446 g/mol. The Hall–Kier alpha value is -3.25. The van der Waals surface area contributed by atoms with Crippen LogP contribution in [-0.2, 0) is 6.61 Å². The molecule has 5 nitrogen and oxygen atoms in total. The SMILES string of the molecule is Cc1nc(C(=O)N2CCC(c3ccc(-c4cc(F)ccc4C4CC4)cc3CO)C2)ccc1O. The number of rotatable bonds is 5. The highest BCUT2D eigenvalue weighted by Crippen LogP contribution is 2.45. The highest BCUT2D eigenvalue weighted by Gasteiger charge is 2.31. The molecule has 6 heteroatoms. The molecule has 1 saturated carbocycles. The molecule has 0 radical (unpaired) electrons. The highest BCUT2D eigenvalue weighted by molar-refractivity contribution is 5.92. The van der Waals surface area contributed by atoms with Crippen molar-refractivity contribution in [1.82, 2.24) is 9.88 Å². The van der Waals surface area contributed by atoms with Crippen molar-refractivity contribution >= 4 is 5.91 Å². The van der Waals surface area contributed by atoms with Gasteiger partial charge in [-0.2, -0.15) is 0 Å². The predicted octanol–water partition coefficient (Wildman–Crippen LogP) is 4.90.